The summed E-state index contributed by atoms with van der Waals surface area (Å²) in [5.74, 6) is 0.964. The van der Waals surface area contributed by atoms with E-state index in [0.717, 1.165) is 17.8 Å². The molecule has 0 amide bonds. The molecule has 0 bridgehead atoms. The van der Waals surface area contributed by atoms with Crippen molar-refractivity contribution < 1.29 is 9.53 Å². The molecule has 0 spiro atoms. The van der Waals surface area contributed by atoms with Crippen molar-refractivity contribution in [3.05, 3.63) is 16.5 Å². The van der Waals surface area contributed by atoms with E-state index in [2.05, 4.69) is 25.2 Å². The van der Waals surface area contributed by atoms with E-state index in [1.54, 1.807) is 0 Å². The maximum Gasteiger partial charge on any atom is 0.178 e. The lowest BCUT2D eigenvalue weighted by Gasteiger charge is -2.12. The average Bonchev–Trinajstić information content (AvgIpc) is 3.18. The predicted molar refractivity (Wildman–Crippen MR) is 89.5 cm³/mol. The number of carbonyl (C=O) groups is 1. The second-order valence-electron chi connectivity index (χ2n) is 5.97. The normalized spacial score (nSPS) is 14.1. The van der Waals surface area contributed by atoms with Crippen molar-refractivity contribution in [3.63, 3.8) is 0 Å². The van der Waals surface area contributed by atoms with Crippen molar-refractivity contribution in [1.82, 2.24) is 0 Å². The highest BCUT2D eigenvalue weighted by atomic mass is 32.1. The molecule has 4 nitrogen and oxygen atoms in total. The van der Waals surface area contributed by atoms with E-state index >= 15 is 0 Å². The summed E-state index contributed by atoms with van der Waals surface area (Å²) in [6.45, 7) is 8.72. The maximum absolute atomic E-state index is 12.3. The number of ketones is 1. The number of nitrogen functional groups attached to an aromatic ring is 1. The molecule has 1 aliphatic carbocycles. The average molecular weight is 308 g/mol. The molecule has 3 N–H and O–H groups in total. The Morgan fingerprint density at radius 3 is 2.67 bits per heavy atom. The lowest BCUT2D eigenvalue weighted by atomic mass is 10.2. The molecular formula is C16H24N2O2S. The number of ether oxygens (including phenoxy) is 1. The SMILES string of the molecule is CC(C)=CCNc1sc(C(=O)C2CC2)c(N)c1OC(C)C. The Bertz CT molecular complexity index is 553. The van der Waals surface area contributed by atoms with E-state index in [9.17, 15) is 4.79 Å². The molecule has 0 radical (unpaired) electrons. The fourth-order valence-electron chi connectivity index (χ4n) is 1.96. The highest BCUT2D eigenvalue weighted by Gasteiger charge is 2.34. The lowest BCUT2D eigenvalue weighted by Crippen LogP contribution is -2.09. The van der Waals surface area contributed by atoms with Gasteiger partial charge in [-0.15, -0.1) is 11.3 Å². The number of hydrogen-bond donors (Lipinski definition) is 2. The maximum atomic E-state index is 12.3. The van der Waals surface area contributed by atoms with Crippen molar-refractivity contribution in [2.75, 3.05) is 17.6 Å². The summed E-state index contributed by atoms with van der Waals surface area (Å²) in [5, 5.41) is 4.16. The molecule has 0 unspecified atom stereocenters. The molecule has 21 heavy (non-hydrogen) atoms. The number of rotatable bonds is 7. The molecule has 1 heterocycles. The van der Waals surface area contributed by atoms with E-state index in [-0.39, 0.29) is 17.8 Å². The molecule has 1 aromatic heterocycles. The molecule has 0 aromatic carbocycles. The van der Waals surface area contributed by atoms with Gasteiger partial charge in [-0.25, -0.2) is 0 Å². The monoisotopic (exact) mass is 308 g/mol. The van der Waals surface area contributed by atoms with Crippen LogP contribution in [-0.2, 0) is 0 Å². The number of thiophene rings is 1. The quantitative estimate of drug-likeness (QED) is 0.588. The molecule has 0 atom stereocenters. The second-order valence-corrected chi connectivity index (χ2v) is 6.99. The molecule has 2 rings (SSSR count). The zero-order chi connectivity index (χ0) is 15.6. The van der Waals surface area contributed by atoms with Gasteiger partial charge in [-0.3, -0.25) is 4.79 Å². The van der Waals surface area contributed by atoms with Crippen LogP contribution in [0.25, 0.3) is 0 Å². The number of anilines is 2. The third-order valence-electron chi connectivity index (χ3n) is 3.20. The highest BCUT2D eigenvalue weighted by molar-refractivity contribution is 7.19. The Morgan fingerprint density at radius 1 is 1.48 bits per heavy atom. The number of allylic oxidation sites excluding steroid dienone is 1. The number of carbonyl (C=O) groups excluding carboxylic acids is 1. The topological polar surface area (TPSA) is 64.4 Å². The number of nitrogens with two attached hydrogens (primary N) is 1. The summed E-state index contributed by atoms with van der Waals surface area (Å²) >= 11 is 1.42. The van der Waals surface area contributed by atoms with E-state index in [1.165, 1.54) is 16.9 Å². The number of nitrogens with one attached hydrogen (secondary N) is 1. The van der Waals surface area contributed by atoms with Crippen molar-refractivity contribution >= 4 is 27.8 Å². The van der Waals surface area contributed by atoms with Crippen molar-refractivity contribution in [1.29, 1.82) is 0 Å². The van der Waals surface area contributed by atoms with Gasteiger partial charge < -0.3 is 15.8 Å². The van der Waals surface area contributed by atoms with E-state index in [4.69, 9.17) is 10.5 Å². The van der Waals surface area contributed by atoms with Crippen LogP contribution >= 0.6 is 11.3 Å². The van der Waals surface area contributed by atoms with Gasteiger partial charge >= 0.3 is 0 Å². The predicted octanol–water partition coefficient (Wildman–Crippen LogP) is 4.09. The van der Waals surface area contributed by atoms with Gasteiger partial charge in [0.2, 0.25) is 0 Å². The van der Waals surface area contributed by atoms with Crippen LogP contribution in [0.5, 0.6) is 5.75 Å². The van der Waals surface area contributed by atoms with Gasteiger partial charge in [0.25, 0.3) is 0 Å². The van der Waals surface area contributed by atoms with Gasteiger partial charge in [-0.1, -0.05) is 11.6 Å². The van der Waals surface area contributed by atoms with Crippen molar-refractivity contribution in [2.24, 2.45) is 5.92 Å². The van der Waals surface area contributed by atoms with Gasteiger partial charge in [-0.2, -0.15) is 0 Å². The fourth-order valence-corrected chi connectivity index (χ4v) is 3.04. The summed E-state index contributed by atoms with van der Waals surface area (Å²) in [6, 6.07) is 0. The van der Waals surface area contributed by atoms with Gasteiger partial charge in [-0.05, 0) is 40.5 Å². The summed E-state index contributed by atoms with van der Waals surface area (Å²) in [5.41, 5.74) is 7.89. The second kappa shape index (κ2) is 6.52. The van der Waals surface area contributed by atoms with Gasteiger partial charge in [0, 0.05) is 12.5 Å². The smallest absolute Gasteiger partial charge is 0.178 e. The van der Waals surface area contributed by atoms with Gasteiger partial charge in [0.15, 0.2) is 11.5 Å². The number of hydrogen-bond acceptors (Lipinski definition) is 5. The molecule has 1 saturated carbocycles. The minimum atomic E-state index is 0.0229. The van der Waals surface area contributed by atoms with Crippen LogP contribution in [-0.4, -0.2) is 18.4 Å². The van der Waals surface area contributed by atoms with E-state index < -0.39 is 0 Å². The first-order chi connectivity index (χ1) is 9.90. The van der Waals surface area contributed by atoms with Crippen molar-refractivity contribution in [3.8, 4) is 5.75 Å². The Kier molecular flexibility index (Phi) is 4.93. The Labute approximate surface area is 130 Å². The minimum Gasteiger partial charge on any atom is -0.486 e. The van der Waals surface area contributed by atoms with Gasteiger partial charge in [0.1, 0.15) is 5.00 Å². The summed E-state index contributed by atoms with van der Waals surface area (Å²) < 4.78 is 5.81. The molecule has 1 aromatic rings. The summed E-state index contributed by atoms with van der Waals surface area (Å²) in [4.78, 5) is 12.9. The molecule has 5 heteroatoms. The molecule has 0 saturated heterocycles. The molecule has 1 fully saturated rings. The largest absolute Gasteiger partial charge is 0.486 e. The van der Waals surface area contributed by atoms with Crippen LogP contribution in [0.15, 0.2) is 11.6 Å². The van der Waals surface area contributed by atoms with Crippen molar-refractivity contribution in [2.45, 2.75) is 46.6 Å². The van der Waals surface area contributed by atoms with Crippen LogP contribution in [0, 0.1) is 5.92 Å². The summed E-state index contributed by atoms with van der Waals surface area (Å²) in [6.07, 6.45) is 4.08. The zero-order valence-corrected chi connectivity index (χ0v) is 14.0. The van der Waals surface area contributed by atoms with E-state index in [0.29, 0.717) is 22.9 Å². The van der Waals surface area contributed by atoms with Crippen LogP contribution in [0.3, 0.4) is 0 Å². The van der Waals surface area contributed by atoms with Crippen LogP contribution in [0.1, 0.15) is 50.2 Å². The van der Waals surface area contributed by atoms with Crippen LogP contribution in [0.4, 0.5) is 10.7 Å². The van der Waals surface area contributed by atoms with Gasteiger partial charge in [0.05, 0.1) is 16.7 Å². The first-order valence-corrected chi connectivity index (χ1v) is 8.22. The van der Waals surface area contributed by atoms with Crippen LogP contribution < -0.4 is 15.8 Å². The third kappa shape index (κ3) is 4.00. The Morgan fingerprint density at radius 2 is 2.14 bits per heavy atom. The first-order valence-electron chi connectivity index (χ1n) is 7.40. The molecule has 116 valence electrons. The Balaban J connectivity index is 2.25. The Hall–Kier alpha value is -1.49. The lowest BCUT2D eigenvalue weighted by molar-refractivity contribution is 0.0972. The zero-order valence-electron chi connectivity index (χ0n) is 13.2. The van der Waals surface area contributed by atoms with E-state index in [1.807, 2.05) is 13.8 Å². The fraction of sp³-hybridized carbons (Fsp3) is 0.562. The highest BCUT2D eigenvalue weighted by Crippen LogP contribution is 2.46. The van der Waals surface area contributed by atoms with Crippen LogP contribution in [0.2, 0.25) is 0 Å². The minimum absolute atomic E-state index is 0.0229. The summed E-state index contributed by atoms with van der Waals surface area (Å²) in [7, 11) is 0. The molecule has 0 aliphatic heterocycles. The standard InChI is InChI=1S/C16H24N2O2S/c1-9(2)7-8-18-16-14(20-10(3)4)12(17)15(21-16)13(19)11-5-6-11/h7,10-11,18H,5-6,8,17H2,1-4H3. The first kappa shape index (κ1) is 15.9. The molecule has 1 aliphatic rings. The number of Topliss-reactive ketones (excluding diaryl/α,β-unsaturated/α-hetero) is 1. The third-order valence-corrected chi connectivity index (χ3v) is 4.36. The molecular weight excluding hydrogens is 284 g/mol.